The van der Waals surface area contributed by atoms with Gasteiger partial charge in [-0.1, -0.05) is 17.9 Å². The summed E-state index contributed by atoms with van der Waals surface area (Å²) in [7, 11) is 2.95. The molecule has 2 aromatic carbocycles. The molecule has 0 aliphatic heterocycles. The zero-order valence-corrected chi connectivity index (χ0v) is 21.0. The molecule has 8 heteroatoms. The molecule has 1 aliphatic carbocycles. The van der Waals surface area contributed by atoms with E-state index in [0.29, 0.717) is 43.6 Å². The van der Waals surface area contributed by atoms with Crippen molar-refractivity contribution in [2.75, 3.05) is 14.2 Å². The number of methoxy groups -OCH3 is 2. The molecule has 0 saturated carbocycles. The predicted molar refractivity (Wildman–Crippen MR) is 132 cm³/mol. The number of phenolic OH excluding ortho intramolecular Hbond substituents is 2. The highest BCUT2D eigenvalue weighted by molar-refractivity contribution is 5.66. The molecule has 0 fully saturated rings. The van der Waals surface area contributed by atoms with E-state index in [9.17, 15) is 19.8 Å². The van der Waals surface area contributed by atoms with Gasteiger partial charge in [0.1, 0.15) is 12.2 Å². The molecule has 3 rings (SSSR count). The van der Waals surface area contributed by atoms with Crippen molar-refractivity contribution in [2.45, 2.75) is 64.1 Å². The summed E-state index contributed by atoms with van der Waals surface area (Å²) >= 11 is 0. The fourth-order valence-corrected chi connectivity index (χ4v) is 4.43. The molecule has 36 heavy (non-hydrogen) atoms. The molecule has 0 radical (unpaired) electrons. The standard InChI is InChI=1S/C28H32O8/c1-17(29)35-23-10-8-21-15-28(34-4)26(32)13-20(21)7-5-6-19(12-24(16-23)36-18(2)30)22-9-11-25(31)27(14-22)33-3/h9,11,13-15,19,23-24,31-32H,7-8,10,12,16H2,1-4H3/t19-,23+,24+/m1/s1. The second-order valence-electron chi connectivity index (χ2n) is 8.75. The van der Waals surface area contributed by atoms with E-state index < -0.39 is 24.1 Å². The molecule has 0 heterocycles. The molecular formula is C28H32O8. The fraction of sp³-hybridized carbons (Fsp3) is 0.429. The van der Waals surface area contributed by atoms with E-state index in [0.717, 1.165) is 16.7 Å². The minimum atomic E-state index is -0.556. The Bertz CT molecular complexity index is 1160. The number of carbonyl (C=O) groups is 2. The van der Waals surface area contributed by atoms with Gasteiger partial charge in [0.2, 0.25) is 0 Å². The molecule has 0 unspecified atom stereocenters. The SMILES string of the molecule is COc1cc([C@@H]2C#CCc3cc(O)c(OC)cc3CC[C@H](OC(C)=O)C[C@@H](OC(C)=O)C2)ccc1O. The Balaban J connectivity index is 2.07. The van der Waals surface area contributed by atoms with Crippen LogP contribution >= 0.6 is 0 Å². The first-order valence-corrected chi connectivity index (χ1v) is 11.8. The summed E-state index contributed by atoms with van der Waals surface area (Å²) < 4.78 is 21.8. The fourth-order valence-electron chi connectivity index (χ4n) is 4.43. The molecule has 0 spiro atoms. The van der Waals surface area contributed by atoms with Gasteiger partial charge in [0, 0.05) is 39.0 Å². The summed E-state index contributed by atoms with van der Waals surface area (Å²) in [6.45, 7) is 2.69. The molecule has 8 nitrogen and oxygen atoms in total. The van der Waals surface area contributed by atoms with E-state index in [1.54, 1.807) is 24.3 Å². The molecule has 1 aliphatic rings. The lowest BCUT2D eigenvalue weighted by atomic mass is 9.89. The zero-order valence-electron chi connectivity index (χ0n) is 21.0. The van der Waals surface area contributed by atoms with Gasteiger partial charge in [0.15, 0.2) is 23.0 Å². The first kappa shape index (κ1) is 26.7. The van der Waals surface area contributed by atoms with Crippen molar-refractivity contribution in [2.24, 2.45) is 0 Å². The third-order valence-electron chi connectivity index (χ3n) is 6.09. The summed E-state index contributed by atoms with van der Waals surface area (Å²) in [5.74, 6) is 5.96. The van der Waals surface area contributed by atoms with E-state index in [4.69, 9.17) is 18.9 Å². The number of carbonyl (C=O) groups excluding carboxylic acids is 2. The number of benzene rings is 2. The van der Waals surface area contributed by atoms with Crippen LogP contribution in [0, 0.1) is 11.8 Å². The monoisotopic (exact) mass is 496 g/mol. The first-order valence-electron chi connectivity index (χ1n) is 11.8. The normalized spacial score (nSPS) is 19.8. The third kappa shape index (κ3) is 7.08. The van der Waals surface area contributed by atoms with Crippen LogP contribution in [0.3, 0.4) is 0 Å². The maximum atomic E-state index is 11.9. The maximum absolute atomic E-state index is 11.9. The van der Waals surface area contributed by atoms with Gasteiger partial charge in [-0.15, -0.1) is 0 Å². The first-order chi connectivity index (χ1) is 17.2. The Labute approximate surface area is 211 Å². The van der Waals surface area contributed by atoms with E-state index >= 15 is 0 Å². The summed E-state index contributed by atoms with van der Waals surface area (Å²) in [6, 6.07) is 8.42. The van der Waals surface area contributed by atoms with Crippen LogP contribution in [-0.4, -0.2) is 48.6 Å². The quantitative estimate of drug-likeness (QED) is 0.471. The number of ether oxygens (including phenoxy) is 4. The zero-order chi connectivity index (χ0) is 26.2. The highest BCUT2D eigenvalue weighted by Gasteiger charge is 2.26. The summed E-state index contributed by atoms with van der Waals surface area (Å²) in [6.07, 6.45) is 1.02. The van der Waals surface area contributed by atoms with Crippen LogP contribution in [0.15, 0.2) is 30.3 Å². The summed E-state index contributed by atoms with van der Waals surface area (Å²) in [4.78, 5) is 23.8. The van der Waals surface area contributed by atoms with Gasteiger partial charge in [0.25, 0.3) is 0 Å². The minimum Gasteiger partial charge on any atom is -0.504 e. The van der Waals surface area contributed by atoms with Gasteiger partial charge in [-0.2, -0.15) is 0 Å². The average molecular weight is 497 g/mol. The highest BCUT2D eigenvalue weighted by atomic mass is 16.6. The number of hydrogen-bond donors (Lipinski definition) is 2. The Kier molecular flexibility index (Phi) is 9.07. The number of rotatable bonds is 5. The molecule has 0 amide bonds. The highest BCUT2D eigenvalue weighted by Crippen LogP contribution is 2.34. The van der Waals surface area contributed by atoms with E-state index in [2.05, 4.69) is 11.8 Å². The van der Waals surface area contributed by atoms with Crippen LogP contribution in [0.25, 0.3) is 0 Å². The van der Waals surface area contributed by atoms with Gasteiger partial charge in [0.05, 0.1) is 14.2 Å². The Hall–Kier alpha value is -3.86. The van der Waals surface area contributed by atoms with Gasteiger partial charge in [-0.3, -0.25) is 9.59 Å². The van der Waals surface area contributed by atoms with Crippen LogP contribution < -0.4 is 9.47 Å². The molecule has 0 aromatic heterocycles. The second-order valence-corrected chi connectivity index (χ2v) is 8.75. The van der Waals surface area contributed by atoms with Crippen LogP contribution in [0.5, 0.6) is 23.0 Å². The van der Waals surface area contributed by atoms with Crippen molar-refractivity contribution < 1.29 is 38.7 Å². The van der Waals surface area contributed by atoms with Crippen LogP contribution in [0.2, 0.25) is 0 Å². The lowest BCUT2D eigenvalue weighted by molar-refractivity contribution is -0.153. The molecule has 0 bridgehead atoms. The second kappa shape index (κ2) is 12.2. The van der Waals surface area contributed by atoms with Gasteiger partial charge in [-0.05, 0) is 53.8 Å². The lowest BCUT2D eigenvalue weighted by Gasteiger charge is -2.26. The molecule has 2 aromatic rings. The van der Waals surface area contributed by atoms with Crippen molar-refractivity contribution in [3.63, 3.8) is 0 Å². The van der Waals surface area contributed by atoms with Crippen LogP contribution in [0.1, 0.15) is 55.7 Å². The lowest BCUT2D eigenvalue weighted by Crippen LogP contribution is -2.28. The number of esters is 2. The number of aryl methyl sites for hydroxylation is 1. The van der Waals surface area contributed by atoms with Crippen molar-refractivity contribution >= 4 is 11.9 Å². The smallest absolute Gasteiger partial charge is 0.302 e. The topological polar surface area (TPSA) is 112 Å². The van der Waals surface area contributed by atoms with Gasteiger partial charge in [-0.25, -0.2) is 0 Å². The molecule has 0 saturated heterocycles. The van der Waals surface area contributed by atoms with Gasteiger partial charge >= 0.3 is 11.9 Å². The van der Waals surface area contributed by atoms with Gasteiger partial charge < -0.3 is 29.2 Å². The third-order valence-corrected chi connectivity index (χ3v) is 6.09. The Morgan fingerprint density at radius 2 is 1.53 bits per heavy atom. The van der Waals surface area contributed by atoms with E-state index in [1.165, 1.54) is 34.1 Å². The number of phenols is 2. The molecular weight excluding hydrogens is 464 g/mol. The van der Waals surface area contributed by atoms with Crippen molar-refractivity contribution in [1.29, 1.82) is 0 Å². The molecule has 3 atom stereocenters. The summed E-state index contributed by atoms with van der Waals surface area (Å²) in [5, 5.41) is 20.4. The van der Waals surface area contributed by atoms with Crippen molar-refractivity contribution in [3.05, 3.63) is 47.0 Å². The Morgan fingerprint density at radius 1 is 0.861 bits per heavy atom. The minimum absolute atomic E-state index is 0.00664. The molecule has 192 valence electrons. The predicted octanol–water partition coefficient (Wildman–Crippen LogP) is 4.03. The van der Waals surface area contributed by atoms with Crippen LogP contribution in [0.4, 0.5) is 0 Å². The largest absolute Gasteiger partial charge is 0.504 e. The number of hydrogen-bond acceptors (Lipinski definition) is 8. The number of fused-ring (bicyclic) bond motifs is 1. The molecule has 2 N–H and O–H groups in total. The van der Waals surface area contributed by atoms with Crippen LogP contribution in [-0.2, 0) is 31.9 Å². The number of aromatic hydroxyl groups is 2. The van der Waals surface area contributed by atoms with E-state index in [-0.39, 0.29) is 17.4 Å². The maximum Gasteiger partial charge on any atom is 0.302 e. The average Bonchev–Trinajstić information content (AvgIpc) is 2.81. The van der Waals surface area contributed by atoms with E-state index in [1.807, 2.05) is 0 Å². The van der Waals surface area contributed by atoms with Crippen molar-refractivity contribution in [3.8, 4) is 34.8 Å². The summed E-state index contributed by atoms with van der Waals surface area (Å²) in [5.41, 5.74) is 2.55. The van der Waals surface area contributed by atoms with Crippen molar-refractivity contribution in [1.82, 2.24) is 0 Å². The Morgan fingerprint density at radius 3 is 2.19 bits per heavy atom.